The van der Waals surface area contributed by atoms with E-state index in [-0.39, 0.29) is 18.8 Å². The molecule has 17 heavy (non-hydrogen) atoms. The molecule has 0 bridgehead atoms. The van der Waals surface area contributed by atoms with Crippen LogP contribution < -0.4 is 4.74 Å². The Balaban J connectivity index is 3.08. The third-order valence-electron chi connectivity index (χ3n) is 2.31. The summed E-state index contributed by atoms with van der Waals surface area (Å²) < 4.78 is 9.81. The van der Waals surface area contributed by atoms with Gasteiger partial charge in [-0.3, -0.25) is 0 Å². The van der Waals surface area contributed by atoms with Gasteiger partial charge in [-0.15, -0.1) is 0 Å². The zero-order valence-corrected chi connectivity index (χ0v) is 9.84. The number of aliphatic hydroxyl groups excluding tert-OH is 2. The van der Waals surface area contributed by atoms with E-state index in [1.165, 1.54) is 7.11 Å². The van der Waals surface area contributed by atoms with Crippen molar-refractivity contribution in [3.63, 3.8) is 0 Å². The summed E-state index contributed by atoms with van der Waals surface area (Å²) in [5.74, 6) is -0.434. The van der Waals surface area contributed by atoms with Crippen LogP contribution in [0.15, 0.2) is 18.2 Å². The predicted molar refractivity (Wildman–Crippen MR) is 60.5 cm³/mol. The fraction of sp³-hybridized carbons (Fsp3) is 0.417. The molecule has 0 aliphatic carbocycles. The third-order valence-corrected chi connectivity index (χ3v) is 2.31. The summed E-state index contributed by atoms with van der Waals surface area (Å²) in [5, 5.41) is 18.9. The molecule has 0 heterocycles. The van der Waals surface area contributed by atoms with Crippen molar-refractivity contribution in [2.24, 2.45) is 0 Å². The fourth-order valence-electron chi connectivity index (χ4n) is 1.54. The number of carbonyl (C=O) groups excluding carboxylic acids is 1. The lowest BCUT2D eigenvalue weighted by Crippen LogP contribution is -2.16. The Morgan fingerprint density at radius 1 is 1.47 bits per heavy atom. The maximum absolute atomic E-state index is 11.4. The second-order valence-corrected chi connectivity index (χ2v) is 3.35. The van der Waals surface area contributed by atoms with Gasteiger partial charge >= 0.3 is 5.97 Å². The summed E-state index contributed by atoms with van der Waals surface area (Å²) in [6, 6.07) is 4.84. The molecule has 1 atom stereocenters. The first-order valence-electron chi connectivity index (χ1n) is 5.27. The first kappa shape index (κ1) is 13.5. The summed E-state index contributed by atoms with van der Waals surface area (Å²) in [6.45, 7) is 1.62. The zero-order valence-electron chi connectivity index (χ0n) is 9.84. The molecule has 0 aromatic heterocycles. The number of carbonyl (C=O) groups is 1. The molecule has 2 N–H and O–H groups in total. The van der Waals surface area contributed by atoms with Gasteiger partial charge in [-0.1, -0.05) is 18.2 Å². The monoisotopic (exact) mass is 240 g/mol. The Hall–Kier alpha value is -1.59. The first-order valence-corrected chi connectivity index (χ1v) is 5.27. The number of ether oxygens (including phenoxy) is 2. The highest BCUT2D eigenvalue weighted by Crippen LogP contribution is 2.29. The quantitative estimate of drug-likeness (QED) is 0.744. The standard InChI is InChI=1S/C12H16O5/c1-3-17-12(15)10(14)9-6-4-5-8(7-13)11(9)16-2/h4-6,10,13-14H,3,7H2,1-2H3. The minimum absolute atomic E-state index is 0.192. The van der Waals surface area contributed by atoms with Gasteiger partial charge in [0.05, 0.1) is 20.3 Å². The highest BCUT2D eigenvalue weighted by atomic mass is 16.5. The van der Waals surface area contributed by atoms with Crippen LogP contribution in [0.5, 0.6) is 5.75 Å². The van der Waals surface area contributed by atoms with E-state index in [0.717, 1.165) is 0 Å². The van der Waals surface area contributed by atoms with E-state index in [9.17, 15) is 9.90 Å². The van der Waals surface area contributed by atoms with Crippen LogP contribution in [0.4, 0.5) is 0 Å². The van der Waals surface area contributed by atoms with E-state index in [1.807, 2.05) is 0 Å². The minimum atomic E-state index is -1.41. The van der Waals surface area contributed by atoms with Crippen molar-refractivity contribution in [3.05, 3.63) is 29.3 Å². The van der Waals surface area contributed by atoms with E-state index in [0.29, 0.717) is 11.3 Å². The number of aliphatic hydroxyl groups is 2. The van der Waals surface area contributed by atoms with Gasteiger partial charge in [0.25, 0.3) is 0 Å². The minimum Gasteiger partial charge on any atom is -0.496 e. The molecule has 5 heteroatoms. The smallest absolute Gasteiger partial charge is 0.339 e. The van der Waals surface area contributed by atoms with E-state index < -0.39 is 12.1 Å². The van der Waals surface area contributed by atoms with E-state index in [1.54, 1.807) is 25.1 Å². The molecule has 5 nitrogen and oxygen atoms in total. The van der Waals surface area contributed by atoms with Crippen LogP contribution in [0.1, 0.15) is 24.2 Å². The third kappa shape index (κ3) is 2.95. The lowest BCUT2D eigenvalue weighted by atomic mass is 10.0. The Morgan fingerprint density at radius 3 is 2.71 bits per heavy atom. The molecule has 1 unspecified atom stereocenters. The normalized spacial score (nSPS) is 12.0. The number of hydrogen-bond acceptors (Lipinski definition) is 5. The largest absolute Gasteiger partial charge is 0.496 e. The maximum Gasteiger partial charge on any atom is 0.339 e. The van der Waals surface area contributed by atoms with Crippen molar-refractivity contribution in [2.75, 3.05) is 13.7 Å². The molecule has 1 aromatic rings. The molecule has 0 saturated heterocycles. The number of para-hydroxylation sites is 1. The highest BCUT2D eigenvalue weighted by molar-refractivity contribution is 5.77. The Labute approximate surface area is 99.6 Å². The Kier molecular flexibility index (Phi) is 4.93. The molecule has 1 rings (SSSR count). The molecule has 0 aliphatic rings. The second kappa shape index (κ2) is 6.22. The van der Waals surface area contributed by atoms with Crippen LogP contribution in [-0.2, 0) is 16.1 Å². The molecule has 0 fully saturated rings. The van der Waals surface area contributed by atoms with Crippen molar-refractivity contribution in [2.45, 2.75) is 19.6 Å². The Bertz CT molecular complexity index is 388. The van der Waals surface area contributed by atoms with E-state index in [2.05, 4.69) is 0 Å². The van der Waals surface area contributed by atoms with Gasteiger partial charge in [-0.2, -0.15) is 0 Å². The summed E-state index contributed by atoms with van der Waals surface area (Å²) in [5.41, 5.74) is 0.797. The summed E-state index contributed by atoms with van der Waals surface area (Å²) >= 11 is 0. The number of benzene rings is 1. The molecule has 0 amide bonds. The van der Waals surface area contributed by atoms with Crippen LogP contribution in [0.25, 0.3) is 0 Å². The lowest BCUT2D eigenvalue weighted by Gasteiger charge is -2.15. The predicted octanol–water partition coefficient (Wildman–Crippen LogP) is 0.784. The summed E-state index contributed by atoms with van der Waals surface area (Å²) in [7, 11) is 1.41. The van der Waals surface area contributed by atoms with Gasteiger partial charge in [0.1, 0.15) is 5.75 Å². The number of esters is 1. The average molecular weight is 240 g/mol. The van der Waals surface area contributed by atoms with Crippen molar-refractivity contribution in [1.29, 1.82) is 0 Å². The lowest BCUT2D eigenvalue weighted by molar-refractivity contribution is -0.153. The summed E-state index contributed by atoms with van der Waals surface area (Å²) in [6.07, 6.45) is -1.41. The van der Waals surface area contributed by atoms with Crippen molar-refractivity contribution < 1.29 is 24.5 Å². The molecule has 0 aliphatic heterocycles. The van der Waals surface area contributed by atoms with Gasteiger partial charge in [-0.05, 0) is 6.92 Å². The number of methoxy groups -OCH3 is 1. The number of hydrogen-bond donors (Lipinski definition) is 2. The van der Waals surface area contributed by atoms with Crippen molar-refractivity contribution in [3.8, 4) is 5.75 Å². The van der Waals surface area contributed by atoms with Crippen LogP contribution in [-0.4, -0.2) is 29.9 Å². The van der Waals surface area contributed by atoms with Crippen molar-refractivity contribution in [1.82, 2.24) is 0 Å². The van der Waals surface area contributed by atoms with Crippen molar-refractivity contribution >= 4 is 5.97 Å². The molecule has 0 spiro atoms. The topological polar surface area (TPSA) is 76.0 Å². The summed E-state index contributed by atoms with van der Waals surface area (Å²) in [4.78, 5) is 11.4. The SMILES string of the molecule is CCOC(=O)C(O)c1cccc(CO)c1OC. The highest BCUT2D eigenvalue weighted by Gasteiger charge is 2.23. The number of rotatable bonds is 5. The molecule has 0 radical (unpaired) electrons. The second-order valence-electron chi connectivity index (χ2n) is 3.35. The molecule has 1 aromatic carbocycles. The van der Waals surface area contributed by atoms with E-state index in [4.69, 9.17) is 14.6 Å². The maximum atomic E-state index is 11.4. The fourth-order valence-corrected chi connectivity index (χ4v) is 1.54. The van der Waals surface area contributed by atoms with Crippen LogP contribution in [0.3, 0.4) is 0 Å². The molecule has 0 saturated carbocycles. The molecule has 94 valence electrons. The van der Waals surface area contributed by atoms with Crippen LogP contribution in [0.2, 0.25) is 0 Å². The Morgan fingerprint density at radius 2 is 2.18 bits per heavy atom. The van der Waals surface area contributed by atoms with Crippen LogP contribution in [0, 0.1) is 0 Å². The van der Waals surface area contributed by atoms with Crippen LogP contribution >= 0.6 is 0 Å². The van der Waals surface area contributed by atoms with Gasteiger partial charge in [0.15, 0.2) is 6.10 Å². The van der Waals surface area contributed by atoms with Gasteiger partial charge in [0.2, 0.25) is 0 Å². The van der Waals surface area contributed by atoms with Gasteiger partial charge < -0.3 is 19.7 Å². The molecular weight excluding hydrogens is 224 g/mol. The van der Waals surface area contributed by atoms with E-state index >= 15 is 0 Å². The molecular formula is C12H16O5. The van der Waals surface area contributed by atoms with Gasteiger partial charge in [0, 0.05) is 11.1 Å². The van der Waals surface area contributed by atoms with Gasteiger partial charge in [-0.25, -0.2) is 4.79 Å². The first-order chi connectivity index (χ1) is 8.15. The zero-order chi connectivity index (χ0) is 12.8. The average Bonchev–Trinajstić information content (AvgIpc) is 2.36.